The number of rotatable bonds is 3. The fourth-order valence-electron chi connectivity index (χ4n) is 2.63. The second-order valence-corrected chi connectivity index (χ2v) is 5.18. The van der Waals surface area contributed by atoms with E-state index >= 15 is 0 Å². The molecule has 1 N–H and O–H groups in total. The molecule has 0 saturated carbocycles. The smallest absolute Gasteiger partial charge is 0.251 e. The first-order valence-corrected chi connectivity index (χ1v) is 6.21. The zero-order valence-electron chi connectivity index (χ0n) is 10.1. The van der Waals surface area contributed by atoms with Crippen LogP contribution >= 0.6 is 0 Å². The molecule has 2 aliphatic rings. The molecule has 0 radical (unpaired) electrons. The van der Waals surface area contributed by atoms with Crippen LogP contribution in [0.1, 0.15) is 39.5 Å². The number of hydrogen-bond acceptors (Lipinski definition) is 3. The highest BCUT2D eigenvalue weighted by Crippen LogP contribution is 2.29. The maximum Gasteiger partial charge on any atom is 0.251 e. The number of hydrogen-bond donors (Lipinski definition) is 1. The van der Waals surface area contributed by atoms with Crippen LogP contribution in [0, 0.1) is 0 Å². The van der Waals surface area contributed by atoms with Gasteiger partial charge in [0.15, 0.2) is 0 Å². The van der Waals surface area contributed by atoms with Gasteiger partial charge in [0.2, 0.25) is 0 Å². The standard InChI is InChI=1S/C12H21NO3/c1-3-6-12(15)7-13(8-12)11(14)10-5-4-9(2)16-10/h9-10,15H,3-8H2,1-2H3. The second kappa shape index (κ2) is 4.34. The number of amides is 1. The van der Waals surface area contributed by atoms with Crippen LogP contribution in [0.5, 0.6) is 0 Å². The molecule has 0 aromatic rings. The van der Waals surface area contributed by atoms with Crippen molar-refractivity contribution in [2.24, 2.45) is 0 Å². The van der Waals surface area contributed by atoms with Crippen LogP contribution in [-0.2, 0) is 9.53 Å². The van der Waals surface area contributed by atoms with E-state index in [4.69, 9.17) is 4.74 Å². The lowest BCUT2D eigenvalue weighted by Gasteiger charge is -2.47. The van der Waals surface area contributed by atoms with Crippen LogP contribution in [0.25, 0.3) is 0 Å². The Morgan fingerprint density at radius 3 is 2.69 bits per heavy atom. The van der Waals surface area contributed by atoms with Crippen LogP contribution in [-0.4, -0.2) is 46.8 Å². The minimum Gasteiger partial charge on any atom is -0.386 e. The molecular weight excluding hydrogens is 206 g/mol. The van der Waals surface area contributed by atoms with Crippen LogP contribution in [0.4, 0.5) is 0 Å². The summed E-state index contributed by atoms with van der Waals surface area (Å²) in [5.41, 5.74) is -0.630. The SMILES string of the molecule is CCCC1(O)CN(C(=O)C2CCC(C)O2)C1. The lowest BCUT2D eigenvalue weighted by Crippen LogP contribution is -2.65. The predicted octanol–water partition coefficient (Wildman–Crippen LogP) is 0.927. The quantitative estimate of drug-likeness (QED) is 0.780. The molecule has 2 aliphatic heterocycles. The molecule has 0 bridgehead atoms. The maximum atomic E-state index is 12.0. The van der Waals surface area contributed by atoms with Crippen molar-refractivity contribution in [2.45, 2.75) is 57.3 Å². The van der Waals surface area contributed by atoms with E-state index in [1.54, 1.807) is 4.90 Å². The Hall–Kier alpha value is -0.610. The Bertz CT molecular complexity index is 273. The Morgan fingerprint density at radius 2 is 2.19 bits per heavy atom. The summed E-state index contributed by atoms with van der Waals surface area (Å²) in [4.78, 5) is 13.7. The molecule has 2 saturated heterocycles. The van der Waals surface area contributed by atoms with Gasteiger partial charge in [-0.1, -0.05) is 13.3 Å². The first-order chi connectivity index (χ1) is 7.54. The number of likely N-dealkylation sites (tertiary alicyclic amines) is 1. The average Bonchev–Trinajstić information content (AvgIpc) is 2.60. The van der Waals surface area contributed by atoms with Gasteiger partial charge in [0.25, 0.3) is 5.91 Å². The van der Waals surface area contributed by atoms with Gasteiger partial charge in [0, 0.05) is 0 Å². The van der Waals surface area contributed by atoms with Crippen molar-refractivity contribution in [1.82, 2.24) is 4.90 Å². The topological polar surface area (TPSA) is 49.8 Å². The van der Waals surface area contributed by atoms with E-state index in [0.717, 1.165) is 25.7 Å². The molecule has 92 valence electrons. The Balaban J connectivity index is 1.81. The third-order valence-electron chi connectivity index (χ3n) is 3.50. The summed E-state index contributed by atoms with van der Waals surface area (Å²) in [5, 5.41) is 9.99. The molecule has 1 amide bonds. The highest BCUT2D eigenvalue weighted by molar-refractivity contribution is 5.82. The van der Waals surface area contributed by atoms with Gasteiger partial charge in [-0.05, 0) is 26.2 Å². The summed E-state index contributed by atoms with van der Waals surface area (Å²) in [6.07, 6.45) is 3.45. The lowest BCUT2D eigenvalue weighted by atomic mass is 9.89. The van der Waals surface area contributed by atoms with Crippen LogP contribution < -0.4 is 0 Å². The molecule has 2 unspecified atom stereocenters. The van der Waals surface area contributed by atoms with Crippen molar-refractivity contribution in [1.29, 1.82) is 0 Å². The summed E-state index contributed by atoms with van der Waals surface area (Å²) >= 11 is 0. The average molecular weight is 227 g/mol. The largest absolute Gasteiger partial charge is 0.386 e. The molecule has 0 aromatic carbocycles. The molecule has 2 rings (SSSR count). The third-order valence-corrected chi connectivity index (χ3v) is 3.50. The van der Waals surface area contributed by atoms with E-state index in [-0.39, 0.29) is 18.1 Å². The van der Waals surface area contributed by atoms with Gasteiger partial charge in [-0.2, -0.15) is 0 Å². The molecule has 2 heterocycles. The normalized spacial score (nSPS) is 32.6. The molecule has 4 nitrogen and oxygen atoms in total. The Labute approximate surface area is 96.6 Å². The van der Waals surface area contributed by atoms with Gasteiger partial charge < -0.3 is 14.7 Å². The van der Waals surface area contributed by atoms with E-state index in [1.807, 2.05) is 13.8 Å². The van der Waals surface area contributed by atoms with Gasteiger partial charge in [-0.3, -0.25) is 4.79 Å². The van der Waals surface area contributed by atoms with Gasteiger partial charge >= 0.3 is 0 Å². The van der Waals surface area contributed by atoms with E-state index in [0.29, 0.717) is 13.1 Å². The van der Waals surface area contributed by atoms with Gasteiger partial charge in [-0.25, -0.2) is 0 Å². The number of ether oxygens (including phenoxy) is 1. The monoisotopic (exact) mass is 227 g/mol. The molecule has 2 atom stereocenters. The van der Waals surface area contributed by atoms with E-state index < -0.39 is 5.60 Å². The molecule has 4 heteroatoms. The van der Waals surface area contributed by atoms with E-state index in [9.17, 15) is 9.90 Å². The molecule has 0 spiro atoms. The minimum atomic E-state index is -0.630. The van der Waals surface area contributed by atoms with Gasteiger partial charge in [-0.15, -0.1) is 0 Å². The summed E-state index contributed by atoms with van der Waals surface area (Å²) < 4.78 is 5.54. The number of β-amino-alcohol motifs (C(OH)–C–C–N with tert-alkyl or cyclic N) is 1. The highest BCUT2D eigenvalue weighted by Gasteiger charge is 2.45. The molecule has 2 fully saturated rings. The third kappa shape index (κ3) is 2.23. The van der Waals surface area contributed by atoms with E-state index in [1.165, 1.54) is 0 Å². The molecule has 16 heavy (non-hydrogen) atoms. The maximum absolute atomic E-state index is 12.0. The first-order valence-electron chi connectivity index (χ1n) is 6.21. The predicted molar refractivity (Wildman–Crippen MR) is 60.0 cm³/mol. The fraction of sp³-hybridized carbons (Fsp3) is 0.917. The molecular formula is C12H21NO3. The van der Waals surface area contributed by atoms with Crippen LogP contribution in [0.2, 0.25) is 0 Å². The van der Waals surface area contributed by atoms with Gasteiger partial charge in [0.05, 0.1) is 24.8 Å². The Kier molecular flexibility index (Phi) is 3.22. The second-order valence-electron chi connectivity index (χ2n) is 5.18. The summed E-state index contributed by atoms with van der Waals surface area (Å²) in [6, 6.07) is 0. The first kappa shape index (κ1) is 11.9. The summed E-state index contributed by atoms with van der Waals surface area (Å²) in [6.45, 7) is 5.00. The van der Waals surface area contributed by atoms with E-state index in [2.05, 4.69) is 0 Å². The number of carbonyl (C=O) groups excluding carboxylic acids is 1. The lowest BCUT2D eigenvalue weighted by molar-refractivity contribution is -0.166. The van der Waals surface area contributed by atoms with Crippen molar-refractivity contribution in [3.05, 3.63) is 0 Å². The summed E-state index contributed by atoms with van der Waals surface area (Å²) in [7, 11) is 0. The zero-order valence-corrected chi connectivity index (χ0v) is 10.1. The minimum absolute atomic E-state index is 0.0603. The highest BCUT2D eigenvalue weighted by atomic mass is 16.5. The molecule has 0 aromatic heterocycles. The number of carbonyl (C=O) groups is 1. The molecule has 0 aliphatic carbocycles. The number of aliphatic hydroxyl groups is 1. The zero-order chi connectivity index (χ0) is 11.8. The Morgan fingerprint density at radius 1 is 1.50 bits per heavy atom. The van der Waals surface area contributed by atoms with Crippen LogP contribution in [0.15, 0.2) is 0 Å². The van der Waals surface area contributed by atoms with Crippen molar-refractivity contribution < 1.29 is 14.6 Å². The number of nitrogens with zero attached hydrogens (tertiary/aromatic N) is 1. The van der Waals surface area contributed by atoms with Gasteiger partial charge in [0.1, 0.15) is 6.10 Å². The van der Waals surface area contributed by atoms with Crippen molar-refractivity contribution in [3.8, 4) is 0 Å². The fourth-order valence-corrected chi connectivity index (χ4v) is 2.63. The summed E-state index contributed by atoms with van der Waals surface area (Å²) in [5.74, 6) is 0.0603. The van der Waals surface area contributed by atoms with Crippen molar-refractivity contribution in [3.63, 3.8) is 0 Å². The van der Waals surface area contributed by atoms with Crippen LogP contribution in [0.3, 0.4) is 0 Å². The van der Waals surface area contributed by atoms with Crippen molar-refractivity contribution >= 4 is 5.91 Å². The van der Waals surface area contributed by atoms with Crippen molar-refractivity contribution in [2.75, 3.05) is 13.1 Å².